The second-order valence-corrected chi connectivity index (χ2v) is 13.7. The van der Waals surface area contributed by atoms with Crippen LogP contribution in [0.3, 0.4) is 0 Å². The predicted molar refractivity (Wildman–Crippen MR) is 177 cm³/mol. The van der Waals surface area contributed by atoms with Crippen molar-refractivity contribution in [2.75, 3.05) is 5.73 Å². The Hall–Kier alpha value is -5.48. The number of anilines is 1. The van der Waals surface area contributed by atoms with Crippen LogP contribution in [0.5, 0.6) is 11.5 Å². The maximum Gasteiger partial charge on any atom is 0.296 e. The monoisotopic (exact) mass is 671 g/mol. The van der Waals surface area contributed by atoms with E-state index in [0.717, 1.165) is 17.0 Å². The van der Waals surface area contributed by atoms with E-state index in [-0.39, 0.29) is 44.7 Å². The molecule has 0 amide bonds. The van der Waals surface area contributed by atoms with Crippen molar-refractivity contribution in [2.24, 2.45) is 20.5 Å². The minimum Gasteiger partial charge on any atom is -0.507 e. The van der Waals surface area contributed by atoms with Crippen LogP contribution >= 0.6 is 0 Å². The molecule has 238 valence electrons. The molecule has 0 saturated heterocycles. The summed E-state index contributed by atoms with van der Waals surface area (Å²) in [6, 6.07) is 19.6. The van der Waals surface area contributed by atoms with Crippen molar-refractivity contribution >= 4 is 81.0 Å². The zero-order valence-corrected chi connectivity index (χ0v) is 26.2. The Labute approximate surface area is 267 Å². The predicted octanol–water partition coefficient (Wildman–Crippen LogP) is 8.08. The molecular formula is C32H25N5O8S2. The number of aromatic hydroxyl groups is 2. The second-order valence-electron chi connectivity index (χ2n) is 10.9. The lowest BCUT2D eigenvalue weighted by Gasteiger charge is -2.11. The summed E-state index contributed by atoms with van der Waals surface area (Å²) in [5, 5.41) is 41.0. The van der Waals surface area contributed by atoms with E-state index >= 15 is 0 Å². The van der Waals surface area contributed by atoms with E-state index in [1.165, 1.54) is 36.4 Å². The maximum absolute atomic E-state index is 12.0. The van der Waals surface area contributed by atoms with Gasteiger partial charge >= 0.3 is 0 Å². The van der Waals surface area contributed by atoms with E-state index in [1.807, 2.05) is 13.0 Å². The van der Waals surface area contributed by atoms with Crippen LogP contribution in [0.15, 0.2) is 109 Å². The van der Waals surface area contributed by atoms with Gasteiger partial charge in [0.2, 0.25) is 0 Å². The highest BCUT2D eigenvalue weighted by molar-refractivity contribution is 7.86. The van der Waals surface area contributed by atoms with Crippen LogP contribution in [0.2, 0.25) is 0 Å². The Balaban J connectivity index is 1.45. The van der Waals surface area contributed by atoms with Gasteiger partial charge in [0.15, 0.2) is 5.75 Å². The largest absolute Gasteiger partial charge is 0.507 e. The van der Waals surface area contributed by atoms with E-state index < -0.39 is 30.0 Å². The first kappa shape index (κ1) is 31.5. The van der Waals surface area contributed by atoms with Crippen LogP contribution in [0, 0.1) is 13.8 Å². The van der Waals surface area contributed by atoms with Crippen LogP contribution in [0.4, 0.5) is 28.4 Å². The smallest absolute Gasteiger partial charge is 0.296 e. The first-order valence-corrected chi connectivity index (χ1v) is 16.6. The van der Waals surface area contributed by atoms with E-state index in [4.69, 9.17) is 5.73 Å². The zero-order chi connectivity index (χ0) is 33.8. The van der Waals surface area contributed by atoms with E-state index in [9.17, 15) is 36.2 Å². The molecular weight excluding hydrogens is 647 g/mol. The van der Waals surface area contributed by atoms with Crippen molar-refractivity contribution in [3.05, 3.63) is 90.0 Å². The number of nitrogen functional groups attached to an aromatic ring is 1. The Bertz CT molecular complexity index is 2590. The van der Waals surface area contributed by atoms with Gasteiger partial charge in [-0.05, 0) is 102 Å². The zero-order valence-electron chi connectivity index (χ0n) is 24.6. The molecule has 6 rings (SSSR count). The van der Waals surface area contributed by atoms with Gasteiger partial charge in [-0.2, -0.15) is 21.9 Å². The molecule has 6 aromatic carbocycles. The molecule has 0 aromatic heterocycles. The number of fused-ring (bicyclic) bond motifs is 3. The van der Waals surface area contributed by atoms with Gasteiger partial charge in [0.1, 0.15) is 16.3 Å². The summed E-state index contributed by atoms with van der Waals surface area (Å²) in [6.07, 6.45) is 0. The van der Waals surface area contributed by atoms with Crippen molar-refractivity contribution < 1.29 is 36.2 Å². The molecule has 0 atom stereocenters. The lowest BCUT2D eigenvalue weighted by Crippen LogP contribution is -2.03. The average molecular weight is 672 g/mol. The molecule has 13 nitrogen and oxygen atoms in total. The van der Waals surface area contributed by atoms with Gasteiger partial charge in [0, 0.05) is 21.5 Å². The normalized spacial score (nSPS) is 12.7. The summed E-state index contributed by atoms with van der Waals surface area (Å²) in [6.45, 7) is 3.46. The minimum atomic E-state index is -4.61. The van der Waals surface area contributed by atoms with Gasteiger partial charge in [-0.3, -0.25) is 9.11 Å². The van der Waals surface area contributed by atoms with Crippen molar-refractivity contribution in [1.82, 2.24) is 0 Å². The summed E-state index contributed by atoms with van der Waals surface area (Å²) in [4.78, 5) is -0.901. The molecule has 0 spiro atoms. The van der Waals surface area contributed by atoms with Crippen LogP contribution in [0.1, 0.15) is 11.1 Å². The molecule has 0 aliphatic carbocycles. The topological polar surface area (TPSA) is 225 Å². The third-order valence-corrected chi connectivity index (χ3v) is 9.27. The first-order chi connectivity index (χ1) is 22.1. The summed E-state index contributed by atoms with van der Waals surface area (Å²) in [5.41, 5.74) is 7.85. The molecule has 0 radical (unpaired) electrons. The highest BCUT2D eigenvalue weighted by Gasteiger charge is 2.19. The van der Waals surface area contributed by atoms with Gasteiger partial charge in [-0.25, -0.2) is 0 Å². The molecule has 0 heterocycles. The summed E-state index contributed by atoms with van der Waals surface area (Å²) < 4.78 is 66.6. The molecule has 47 heavy (non-hydrogen) atoms. The van der Waals surface area contributed by atoms with Crippen LogP contribution < -0.4 is 5.73 Å². The third-order valence-electron chi connectivity index (χ3n) is 7.51. The molecule has 6 N–H and O–H groups in total. The molecule has 0 saturated carbocycles. The van der Waals surface area contributed by atoms with Crippen molar-refractivity contribution in [3.8, 4) is 11.5 Å². The number of nitrogens with two attached hydrogens (primary N) is 1. The summed E-state index contributed by atoms with van der Waals surface area (Å²) in [5.74, 6) is -0.207. The number of phenols is 2. The fourth-order valence-electron chi connectivity index (χ4n) is 5.29. The number of phenolic OH excluding ortho intramolecular Hbond substituents is 2. The van der Waals surface area contributed by atoms with Gasteiger partial charge < -0.3 is 15.9 Å². The van der Waals surface area contributed by atoms with Gasteiger partial charge in [-0.1, -0.05) is 12.1 Å². The molecule has 0 aliphatic heterocycles. The Morgan fingerprint density at radius 1 is 0.617 bits per heavy atom. The highest BCUT2D eigenvalue weighted by Crippen LogP contribution is 2.42. The number of aryl methyl sites for hydroxylation is 2. The number of rotatable bonds is 6. The van der Waals surface area contributed by atoms with Crippen LogP contribution in [-0.4, -0.2) is 36.2 Å². The van der Waals surface area contributed by atoms with Gasteiger partial charge in [-0.15, -0.1) is 15.3 Å². The summed E-state index contributed by atoms with van der Waals surface area (Å²) in [7, 11) is -9.20. The number of benzene rings is 6. The minimum absolute atomic E-state index is 0.0249. The lowest BCUT2D eigenvalue weighted by atomic mass is 10.0. The molecule has 0 unspecified atom stereocenters. The van der Waals surface area contributed by atoms with Crippen LogP contribution in [0.25, 0.3) is 32.3 Å². The molecule has 6 aromatic rings. The fraction of sp³-hybridized carbons (Fsp3) is 0.0625. The molecule has 0 aliphatic rings. The standard InChI is InChI=1S/C32H25N5O8S2/c1-16-9-18-12-20(3-5-22(18)29(38)10-16)34-35-27-7-8-28(25-14-21(46(40,41)42)4-6-23(25)27)36-37-31-17(2)11-19-13-30(47(43,44)45)26(33)15-24(19)32(31)39/h3-15,38-39H,33H2,1-2H3,(H,40,41,42)(H,43,44,45). The number of azo groups is 2. The SMILES string of the molecule is Cc1cc(O)c2ccc(N=Nc3ccc(N=Nc4c(C)cc5cc(S(=O)(=O)O)c(N)cc5c4O)c4cc(S(=O)(=O)O)ccc34)cc2c1. The van der Waals surface area contributed by atoms with E-state index in [1.54, 1.807) is 37.3 Å². The van der Waals surface area contributed by atoms with Crippen molar-refractivity contribution in [2.45, 2.75) is 23.6 Å². The van der Waals surface area contributed by atoms with E-state index in [2.05, 4.69) is 20.5 Å². The molecule has 0 fully saturated rings. The third kappa shape index (κ3) is 6.07. The number of hydrogen-bond acceptors (Lipinski definition) is 11. The highest BCUT2D eigenvalue weighted by atomic mass is 32.2. The number of hydrogen-bond donors (Lipinski definition) is 5. The second kappa shape index (κ2) is 11.4. The molecule has 15 heteroatoms. The van der Waals surface area contributed by atoms with Gasteiger partial charge in [0.05, 0.1) is 27.6 Å². The molecule has 0 bridgehead atoms. The van der Waals surface area contributed by atoms with Gasteiger partial charge in [0.25, 0.3) is 20.2 Å². The Morgan fingerprint density at radius 3 is 1.98 bits per heavy atom. The van der Waals surface area contributed by atoms with Crippen molar-refractivity contribution in [3.63, 3.8) is 0 Å². The quantitative estimate of drug-likeness (QED) is 0.0654. The Morgan fingerprint density at radius 2 is 1.28 bits per heavy atom. The Kier molecular flexibility index (Phi) is 7.64. The fourth-order valence-corrected chi connectivity index (χ4v) is 6.43. The average Bonchev–Trinajstić information content (AvgIpc) is 2.99. The maximum atomic E-state index is 12.0. The lowest BCUT2D eigenvalue weighted by molar-refractivity contribution is 0.480. The van der Waals surface area contributed by atoms with E-state index in [0.29, 0.717) is 27.7 Å². The van der Waals surface area contributed by atoms with Crippen LogP contribution in [-0.2, 0) is 20.2 Å². The number of nitrogens with zero attached hydrogens (tertiary/aromatic N) is 4. The first-order valence-electron chi connectivity index (χ1n) is 13.7. The summed E-state index contributed by atoms with van der Waals surface area (Å²) >= 11 is 0. The van der Waals surface area contributed by atoms with Crippen molar-refractivity contribution in [1.29, 1.82) is 0 Å².